The van der Waals surface area contributed by atoms with Crippen LogP contribution in [-0.4, -0.2) is 31.2 Å². The van der Waals surface area contributed by atoms with Crippen LogP contribution in [0.1, 0.15) is 37.6 Å². The summed E-state index contributed by atoms with van der Waals surface area (Å²) in [5.74, 6) is 0.00619. The molecule has 0 saturated carbocycles. The number of anilines is 1. The van der Waals surface area contributed by atoms with E-state index in [0.29, 0.717) is 16.5 Å². The standard InChI is InChI=1S/C23H24FN5OS2/c1-23(2,3)13-8-9-14-17(10-13)32-21-19(14)20-27-28-22(29(20)12-25-21)31-11-18(30)26-16-7-5-4-6-15(16)24/h4-7,12-13H,8-11H2,1-3H3,(H,26,30)/t13-/m1/s1. The molecule has 3 heterocycles. The number of para-hydroxylation sites is 1. The zero-order valence-electron chi connectivity index (χ0n) is 18.2. The number of benzene rings is 1. The monoisotopic (exact) mass is 469 g/mol. The number of hydrogen-bond donors (Lipinski definition) is 1. The number of fused-ring (bicyclic) bond motifs is 5. The van der Waals surface area contributed by atoms with E-state index in [1.54, 1.807) is 29.8 Å². The van der Waals surface area contributed by atoms with E-state index < -0.39 is 5.82 Å². The number of amides is 1. The minimum Gasteiger partial charge on any atom is -0.323 e. The molecule has 6 nitrogen and oxygen atoms in total. The van der Waals surface area contributed by atoms with Crippen LogP contribution in [0.4, 0.5) is 10.1 Å². The van der Waals surface area contributed by atoms with Gasteiger partial charge in [-0.2, -0.15) is 0 Å². The molecule has 1 aliphatic rings. The van der Waals surface area contributed by atoms with Gasteiger partial charge in [0.05, 0.1) is 16.8 Å². The van der Waals surface area contributed by atoms with Gasteiger partial charge in [0.15, 0.2) is 10.8 Å². The largest absolute Gasteiger partial charge is 0.323 e. The fourth-order valence-electron chi connectivity index (χ4n) is 4.27. The lowest BCUT2D eigenvalue weighted by Gasteiger charge is -2.33. The Morgan fingerprint density at radius 3 is 2.91 bits per heavy atom. The summed E-state index contributed by atoms with van der Waals surface area (Å²) in [6.45, 7) is 6.95. The van der Waals surface area contributed by atoms with Crippen molar-refractivity contribution < 1.29 is 9.18 Å². The van der Waals surface area contributed by atoms with E-state index in [1.165, 1.54) is 34.3 Å². The summed E-state index contributed by atoms with van der Waals surface area (Å²) < 4.78 is 15.6. The van der Waals surface area contributed by atoms with Gasteiger partial charge in [0, 0.05) is 4.88 Å². The van der Waals surface area contributed by atoms with Crippen LogP contribution in [0.15, 0.2) is 35.7 Å². The zero-order chi connectivity index (χ0) is 22.5. The smallest absolute Gasteiger partial charge is 0.234 e. The third kappa shape index (κ3) is 3.88. The molecule has 3 aromatic heterocycles. The van der Waals surface area contributed by atoms with Crippen molar-refractivity contribution in [3.05, 3.63) is 46.9 Å². The summed E-state index contributed by atoms with van der Waals surface area (Å²) in [6, 6.07) is 6.12. The van der Waals surface area contributed by atoms with E-state index in [0.717, 1.165) is 35.1 Å². The van der Waals surface area contributed by atoms with E-state index in [-0.39, 0.29) is 17.3 Å². The first-order valence-corrected chi connectivity index (χ1v) is 12.4. The third-order valence-corrected chi connectivity index (χ3v) is 8.24. The van der Waals surface area contributed by atoms with Gasteiger partial charge in [-0.1, -0.05) is 44.7 Å². The van der Waals surface area contributed by atoms with E-state index >= 15 is 0 Å². The van der Waals surface area contributed by atoms with Gasteiger partial charge in [0.2, 0.25) is 5.91 Å². The molecule has 32 heavy (non-hydrogen) atoms. The highest BCUT2D eigenvalue weighted by molar-refractivity contribution is 7.99. The second-order valence-corrected chi connectivity index (χ2v) is 11.3. The number of nitrogens with one attached hydrogen (secondary N) is 1. The Hall–Kier alpha value is -2.52. The number of aryl methyl sites for hydroxylation is 1. The summed E-state index contributed by atoms with van der Waals surface area (Å²) in [7, 11) is 0. The zero-order valence-corrected chi connectivity index (χ0v) is 19.8. The molecule has 1 aromatic carbocycles. The number of halogens is 1. The van der Waals surface area contributed by atoms with Crippen molar-refractivity contribution in [3.8, 4) is 0 Å². The maximum atomic E-state index is 13.8. The molecule has 0 fully saturated rings. The molecule has 0 spiro atoms. The van der Waals surface area contributed by atoms with Crippen LogP contribution >= 0.6 is 23.1 Å². The molecular formula is C23H24FN5OS2. The van der Waals surface area contributed by atoms with Crippen LogP contribution in [-0.2, 0) is 17.6 Å². The van der Waals surface area contributed by atoms with Gasteiger partial charge in [0.1, 0.15) is 17.0 Å². The summed E-state index contributed by atoms with van der Waals surface area (Å²) >= 11 is 3.03. The highest BCUT2D eigenvalue weighted by atomic mass is 32.2. The Labute approximate surface area is 193 Å². The Balaban J connectivity index is 1.38. The van der Waals surface area contributed by atoms with Gasteiger partial charge in [-0.25, -0.2) is 9.37 Å². The molecule has 9 heteroatoms. The number of carbonyl (C=O) groups excluding carboxylic acids is 1. The van der Waals surface area contributed by atoms with Gasteiger partial charge >= 0.3 is 0 Å². The summed E-state index contributed by atoms with van der Waals surface area (Å²) in [6.07, 6.45) is 5.00. The van der Waals surface area contributed by atoms with Crippen LogP contribution in [0.25, 0.3) is 15.9 Å². The van der Waals surface area contributed by atoms with Gasteiger partial charge in [-0.3, -0.25) is 9.20 Å². The maximum absolute atomic E-state index is 13.8. The van der Waals surface area contributed by atoms with Crippen LogP contribution in [0, 0.1) is 17.2 Å². The van der Waals surface area contributed by atoms with Crippen molar-refractivity contribution in [3.63, 3.8) is 0 Å². The second kappa shape index (κ2) is 8.12. The first-order chi connectivity index (χ1) is 15.3. The Morgan fingerprint density at radius 1 is 1.31 bits per heavy atom. The lowest BCUT2D eigenvalue weighted by molar-refractivity contribution is -0.113. The predicted molar refractivity (Wildman–Crippen MR) is 127 cm³/mol. The molecule has 0 aliphatic heterocycles. The van der Waals surface area contributed by atoms with Gasteiger partial charge in [-0.15, -0.1) is 21.5 Å². The number of rotatable bonds is 4. The average Bonchev–Trinajstić information content (AvgIpc) is 3.33. The van der Waals surface area contributed by atoms with E-state index in [9.17, 15) is 9.18 Å². The number of nitrogens with zero attached hydrogens (tertiary/aromatic N) is 4. The summed E-state index contributed by atoms with van der Waals surface area (Å²) in [4.78, 5) is 19.4. The molecule has 5 rings (SSSR count). The first kappa shape index (κ1) is 21.3. The SMILES string of the molecule is CC(C)(C)[C@@H]1CCc2c(sc3ncn4c(SCC(=O)Nc5ccccc5F)nnc4c23)C1. The molecule has 4 aromatic rings. The fraction of sp³-hybridized carbons (Fsp3) is 0.391. The number of aromatic nitrogens is 4. The number of carbonyl (C=O) groups is 1. The maximum Gasteiger partial charge on any atom is 0.234 e. The highest BCUT2D eigenvalue weighted by Crippen LogP contribution is 2.43. The lowest BCUT2D eigenvalue weighted by Crippen LogP contribution is -2.26. The van der Waals surface area contributed by atoms with Crippen LogP contribution in [0.3, 0.4) is 0 Å². The van der Waals surface area contributed by atoms with E-state index in [4.69, 9.17) is 0 Å². The predicted octanol–water partition coefficient (Wildman–Crippen LogP) is 5.36. The van der Waals surface area contributed by atoms with Crippen molar-refractivity contribution in [2.45, 2.75) is 45.2 Å². The van der Waals surface area contributed by atoms with Gasteiger partial charge in [0.25, 0.3) is 0 Å². The minimum absolute atomic E-state index is 0.0994. The molecule has 0 unspecified atom stereocenters. The lowest BCUT2D eigenvalue weighted by atomic mass is 9.72. The number of thiophene rings is 1. The second-order valence-electron chi connectivity index (χ2n) is 9.23. The van der Waals surface area contributed by atoms with Crippen molar-refractivity contribution in [1.82, 2.24) is 19.6 Å². The van der Waals surface area contributed by atoms with Gasteiger partial charge < -0.3 is 5.32 Å². The normalized spacial score (nSPS) is 16.4. The Kier molecular flexibility index (Phi) is 5.41. The number of thioether (sulfide) groups is 1. The Morgan fingerprint density at radius 2 is 2.12 bits per heavy atom. The average molecular weight is 470 g/mol. The Bertz CT molecular complexity index is 1320. The summed E-state index contributed by atoms with van der Waals surface area (Å²) in [5, 5.41) is 13.0. The molecule has 1 amide bonds. The highest BCUT2D eigenvalue weighted by Gasteiger charge is 2.31. The fourth-order valence-corrected chi connectivity index (χ4v) is 6.24. The van der Waals surface area contributed by atoms with Crippen molar-refractivity contribution >= 4 is 50.6 Å². The molecule has 1 N–H and O–H groups in total. The molecule has 0 bridgehead atoms. The third-order valence-electron chi connectivity index (χ3n) is 6.13. The van der Waals surface area contributed by atoms with E-state index in [2.05, 4.69) is 41.3 Å². The van der Waals surface area contributed by atoms with Crippen LogP contribution in [0.5, 0.6) is 0 Å². The molecule has 0 radical (unpaired) electrons. The summed E-state index contributed by atoms with van der Waals surface area (Å²) in [5.41, 5.74) is 2.60. The van der Waals surface area contributed by atoms with Gasteiger partial charge in [-0.05, 0) is 48.3 Å². The van der Waals surface area contributed by atoms with Crippen LogP contribution in [0.2, 0.25) is 0 Å². The number of hydrogen-bond acceptors (Lipinski definition) is 6. The van der Waals surface area contributed by atoms with Crippen molar-refractivity contribution in [2.24, 2.45) is 11.3 Å². The molecule has 0 saturated heterocycles. The topological polar surface area (TPSA) is 72.2 Å². The molecule has 1 aliphatic carbocycles. The van der Waals surface area contributed by atoms with Crippen molar-refractivity contribution in [2.75, 3.05) is 11.1 Å². The van der Waals surface area contributed by atoms with E-state index in [1.807, 2.05) is 4.40 Å². The molecule has 166 valence electrons. The minimum atomic E-state index is -0.457. The molecular weight excluding hydrogens is 445 g/mol. The molecule has 1 atom stereocenters. The quantitative estimate of drug-likeness (QED) is 0.408. The van der Waals surface area contributed by atoms with Crippen molar-refractivity contribution in [1.29, 1.82) is 0 Å². The first-order valence-electron chi connectivity index (χ1n) is 10.6. The van der Waals surface area contributed by atoms with Crippen LogP contribution < -0.4 is 5.32 Å².